The predicted molar refractivity (Wildman–Crippen MR) is 144 cm³/mol. The first kappa shape index (κ1) is 22.5. The molecule has 3 aromatic carbocycles. The smallest absolute Gasteiger partial charge is 0.116 e. The Balaban J connectivity index is 1.76. The molecule has 0 fully saturated rings. The van der Waals surface area contributed by atoms with E-state index < -0.39 is 0 Å². The van der Waals surface area contributed by atoms with Gasteiger partial charge in [0.15, 0.2) is 0 Å². The summed E-state index contributed by atoms with van der Waals surface area (Å²) in [4.78, 5) is 9.44. The zero-order valence-corrected chi connectivity index (χ0v) is 21.5. The first-order chi connectivity index (χ1) is 16.0. The van der Waals surface area contributed by atoms with E-state index in [0.29, 0.717) is 5.56 Å². The zero-order chi connectivity index (χ0) is 24.3. The van der Waals surface area contributed by atoms with Gasteiger partial charge in [0.25, 0.3) is 0 Å². The van der Waals surface area contributed by atoms with Crippen molar-refractivity contribution in [2.45, 2.75) is 53.4 Å². The van der Waals surface area contributed by atoms with Gasteiger partial charge in [0.05, 0.1) is 27.5 Å². The molecule has 0 N–H and O–H groups in total. The van der Waals surface area contributed by atoms with Crippen LogP contribution in [0.1, 0.15) is 58.2 Å². The summed E-state index contributed by atoms with van der Waals surface area (Å²) in [6, 6.07) is 19.4. The van der Waals surface area contributed by atoms with Crippen LogP contribution in [0.2, 0.25) is 0 Å². The Morgan fingerprint density at radius 2 is 1.65 bits per heavy atom. The molecule has 5 aromatic rings. The summed E-state index contributed by atoms with van der Waals surface area (Å²) in [6.45, 7) is 13.5. The minimum atomic E-state index is -0.0451. The fourth-order valence-corrected chi connectivity index (χ4v) is 5.98. The highest BCUT2D eigenvalue weighted by molar-refractivity contribution is 7.26. The molecule has 5 rings (SSSR count). The third-order valence-corrected chi connectivity index (χ3v) is 7.36. The topological polar surface area (TPSA) is 49.6 Å². The van der Waals surface area contributed by atoms with E-state index in [0.717, 1.165) is 33.3 Å². The molecule has 2 heterocycles. The quantitative estimate of drug-likeness (QED) is 0.264. The lowest BCUT2D eigenvalue weighted by Gasteiger charge is -2.23. The summed E-state index contributed by atoms with van der Waals surface area (Å²) in [6.07, 6.45) is 2.72. The number of nitriles is 1. The summed E-state index contributed by atoms with van der Waals surface area (Å²) < 4.78 is 2.36. The van der Waals surface area contributed by atoms with Crippen LogP contribution in [0.4, 0.5) is 0 Å². The summed E-state index contributed by atoms with van der Waals surface area (Å²) >= 11 is 1.77. The molecular weight excluding hydrogens is 434 g/mol. The van der Waals surface area contributed by atoms with Crippen molar-refractivity contribution in [1.82, 2.24) is 9.97 Å². The SMILES string of the molecule is CC(C)(C)Cc1ccc2c(c1)sc1c(-c3cc(C(C)(C)C)c4ccc(C#N)cc4c3)ncnc12. The van der Waals surface area contributed by atoms with Crippen molar-refractivity contribution in [1.29, 1.82) is 5.26 Å². The number of benzene rings is 3. The summed E-state index contributed by atoms with van der Waals surface area (Å²) in [5.41, 5.74) is 6.51. The molecule has 34 heavy (non-hydrogen) atoms. The van der Waals surface area contributed by atoms with E-state index in [1.165, 1.54) is 26.6 Å². The minimum absolute atomic E-state index is 0.0451. The van der Waals surface area contributed by atoms with Crippen molar-refractivity contribution in [2.24, 2.45) is 5.41 Å². The molecule has 0 amide bonds. The van der Waals surface area contributed by atoms with E-state index in [2.05, 4.69) is 89.0 Å². The fraction of sp³-hybridized carbons (Fsp3) is 0.300. The van der Waals surface area contributed by atoms with Gasteiger partial charge in [0.2, 0.25) is 0 Å². The molecule has 0 aliphatic rings. The number of rotatable bonds is 2. The van der Waals surface area contributed by atoms with Gasteiger partial charge in [-0.05, 0) is 69.5 Å². The number of fused-ring (bicyclic) bond motifs is 4. The van der Waals surface area contributed by atoms with Gasteiger partial charge in [-0.15, -0.1) is 11.3 Å². The predicted octanol–water partition coefficient (Wildman–Crippen LogP) is 8.42. The lowest BCUT2D eigenvalue weighted by Crippen LogP contribution is -2.12. The maximum atomic E-state index is 9.46. The summed E-state index contributed by atoms with van der Waals surface area (Å²) in [7, 11) is 0. The van der Waals surface area contributed by atoms with Gasteiger partial charge in [0, 0.05) is 15.6 Å². The van der Waals surface area contributed by atoms with E-state index in [1.807, 2.05) is 12.1 Å². The average molecular weight is 464 g/mol. The number of hydrogen-bond acceptors (Lipinski definition) is 4. The van der Waals surface area contributed by atoms with Crippen LogP contribution in [0.5, 0.6) is 0 Å². The minimum Gasteiger partial charge on any atom is -0.235 e. The van der Waals surface area contributed by atoms with Gasteiger partial charge in [-0.1, -0.05) is 59.7 Å². The van der Waals surface area contributed by atoms with Crippen LogP contribution in [0.25, 0.3) is 42.3 Å². The van der Waals surface area contributed by atoms with Crippen molar-refractivity contribution >= 4 is 42.4 Å². The molecule has 0 bridgehead atoms. The molecule has 0 atom stereocenters. The summed E-state index contributed by atoms with van der Waals surface area (Å²) in [5.74, 6) is 0. The third-order valence-electron chi connectivity index (χ3n) is 6.21. The maximum Gasteiger partial charge on any atom is 0.116 e. The second-order valence-corrected chi connectivity index (χ2v) is 12.4. The van der Waals surface area contributed by atoms with Gasteiger partial charge < -0.3 is 0 Å². The zero-order valence-electron chi connectivity index (χ0n) is 20.7. The number of thiophene rings is 1. The van der Waals surface area contributed by atoms with Crippen molar-refractivity contribution < 1.29 is 0 Å². The van der Waals surface area contributed by atoms with Crippen LogP contribution < -0.4 is 0 Å². The van der Waals surface area contributed by atoms with Gasteiger partial charge in [-0.3, -0.25) is 0 Å². The molecule has 4 heteroatoms. The van der Waals surface area contributed by atoms with E-state index in [-0.39, 0.29) is 10.8 Å². The number of nitrogens with zero attached hydrogens (tertiary/aromatic N) is 3. The highest BCUT2D eigenvalue weighted by atomic mass is 32.1. The Kier molecular flexibility index (Phi) is 5.22. The van der Waals surface area contributed by atoms with Gasteiger partial charge in [0.1, 0.15) is 6.33 Å². The van der Waals surface area contributed by atoms with Crippen molar-refractivity contribution in [2.75, 3.05) is 0 Å². The Morgan fingerprint density at radius 1 is 0.882 bits per heavy atom. The Labute approximate surface area is 205 Å². The van der Waals surface area contributed by atoms with E-state index >= 15 is 0 Å². The van der Waals surface area contributed by atoms with Crippen LogP contribution >= 0.6 is 11.3 Å². The van der Waals surface area contributed by atoms with Crippen LogP contribution in [0, 0.1) is 16.7 Å². The second kappa shape index (κ2) is 7.89. The lowest BCUT2D eigenvalue weighted by molar-refractivity contribution is 0.411. The molecule has 0 aliphatic carbocycles. The molecule has 3 nitrogen and oxygen atoms in total. The molecule has 0 radical (unpaired) electrons. The molecule has 0 saturated carbocycles. The van der Waals surface area contributed by atoms with E-state index in [9.17, 15) is 5.26 Å². The monoisotopic (exact) mass is 463 g/mol. The molecule has 0 spiro atoms. The molecule has 0 unspecified atom stereocenters. The number of aromatic nitrogens is 2. The van der Waals surface area contributed by atoms with Gasteiger partial charge in [-0.25, -0.2) is 9.97 Å². The van der Waals surface area contributed by atoms with Gasteiger partial charge >= 0.3 is 0 Å². The van der Waals surface area contributed by atoms with E-state index in [1.54, 1.807) is 17.7 Å². The standard InChI is InChI=1S/C30H29N3S/c1-29(2,3)15-18-7-10-23-25(12-18)34-28-26(32-17-33-27(23)28)21-13-20-11-19(16-31)8-9-22(20)24(14-21)30(4,5)6/h7-14,17H,15H2,1-6H3. The molecular formula is C30H29N3S. The average Bonchev–Trinajstić information content (AvgIpc) is 3.13. The Hall–Kier alpha value is -3.29. The lowest BCUT2D eigenvalue weighted by atomic mass is 9.82. The first-order valence-electron chi connectivity index (χ1n) is 11.7. The fourth-order valence-electron chi connectivity index (χ4n) is 4.74. The van der Waals surface area contributed by atoms with E-state index in [4.69, 9.17) is 4.98 Å². The first-order valence-corrected chi connectivity index (χ1v) is 12.5. The largest absolute Gasteiger partial charge is 0.235 e. The third kappa shape index (κ3) is 4.06. The van der Waals surface area contributed by atoms with Crippen molar-refractivity contribution in [3.05, 3.63) is 71.5 Å². The summed E-state index contributed by atoms with van der Waals surface area (Å²) in [5, 5.41) is 12.9. The molecule has 170 valence electrons. The van der Waals surface area contributed by atoms with Crippen molar-refractivity contribution in [3.63, 3.8) is 0 Å². The van der Waals surface area contributed by atoms with Crippen LogP contribution in [0.15, 0.2) is 54.9 Å². The normalized spacial score (nSPS) is 12.5. The number of hydrogen-bond donors (Lipinski definition) is 0. The highest BCUT2D eigenvalue weighted by Crippen LogP contribution is 2.41. The molecule has 2 aromatic heterocycles. The Morgan fingerprint density at radius 3 is 2.35 bits per heavy atom. The van der Waals surface area contributed by atoms with Gasteiger partial charge in [-0.2, -0.15) is 5.26 Å². The maximum absolute atomic E-state index is 9.46. The Bertz CT molecular complexity index is 1600. The highest BCUT2D eigenvalue weighted by Gasteiger charge is 2.21. The van der Waals surface area contributed by atoms with Crippen LogP contribution in [0.3, 0.4) is 0 Å². The molecule has 0 aliphatic heterocycles. The van der Waals surface area contributed by atoms with Crippen LogP contribution in [-0.2, 0) is 11.8 Å². The van der Waals surface area contributed by atoms with Crippen LogP contribution in [-0.4, -0.2) is 9.97 Å². The van der Waals surface area contributed by atoms with Crippen molar-refractivity contribution in [3.8, 4) is 17.3 Å². The second-order valence-electron chi connectivity index (χ2n) is 11.4. The molecule has 0 saturated heterocycles.